The number of carboxylic acid groups (broad SMARTS) is 2. The molecule has 0 aliphatic heterocycles. The van der Waals surface area contributed by atoms with Crippen LogP contribution in [-0.2, 0) is 0 Å². The first-order valence-corrected chi connectivity index (χ1v) is 7.45. The number of aromatic carboxylic acids is 2. The Labute approximate surface area is 132 Å². The third-order valence-electron chi connectivity index (χ3n) is 2.92. The molecule has 0 unspecified atom stereocenters. The van der Waals surface area contributed by atoms with Gasteiger partial charge in [-0.2, -0.15) is 0 Å². The SMILES string of the molecule is CCNc1ccc(Sc2cc(C(=O)O)ccc2C(=O)O)cc1. The minimum absolute atomic E-state index is 0.0665. The van der Waals surface area contributed by atoms with Crippen molar-refractivity contribution in [3.63, 3.8) is 0 Å². The zero-order chi connectivity index (χ0) is 16.1. The van der Waals surface area contributed by atoms with E-state index in [9.17, 15) is 14.7 Å². The summed E-state index contributed by atoms with van der Waals surface area (Å²) >= 11 is 1.23. The molecule has 0 bridgehead atoms. The lowest BCUT2D eigenvalue weighted by Crippen LogP contribution is -2.02. The first-order valence-electron chi connectivity index (χ1n) is 6.63. The van der Waals surface area contributed by atoms with Gasteiger partial charge >= 0.3 is 11.9 Å². The molecule has 0 aromatic heterocycles. The summed E-state index contributed by atoms with van der Waals surface area (Å²) in [6.45, 7) is 2.81. The van der Waals surface area contributed by atoms with Crippen LogP contribution in [0.25, 0.3) is 0 Å². The number of carboxylic acids is 2. The van der Waals surface area contributed by atoms with Crippen LogP contribution >= 0.6 is 11.8 Å². The van der Waals surface area contributed by atoms with Gasteiger partial charge in [0.1, 0.15) is 0 Å². The Hall–Kier alpha value is -2.47. The number of anilines is 1. The van der Waals surface area contributed by atoms with Crippen LogP contribution in [0.2, 0.25) is 0 Å². The lowest BCUT2D eigenvalue weighted by molar-refractivity contribution is 0.0678. The molecule has 0 spiro atoms. The Morgan fingerprint density at radius 1 is 1.05 bits per heavy atom. The summed E-state index contributed by atoms with van der Waals surface area (Å²) in [7, 11) is 0. The van der Waals surface area contributed by atoms with Crippen molar-refractivity contribution in [2.75, 3.05) is 11.9 Å². The van der Waals surface area contributed by atoms with Gasteiger partial charge in [0.05, 0.1) is 11.1 Å². The molecule has 0 saturated carbocycles. The maximum Gasteiger partial charge on any atom is 0.336 e. The molecule has 3 N–H and O–H groups in total. The highest BCUT2D eigenvalue weighted by atomic mass is 32.2. The van der Waals surface area contributed by atoms with E-state index in [1.54, 1.807) is 0 Å². The lowest BCUT2D eigenvalue weighted by Gasteiger charge is -2.08. The third kappa shape index (κ3) is 3.79. The van der Waals surface area contributed by atoms with Crippen LogP contribution in [-0.4, -0.2) is 28.7 Å². The number of rotatable bonds is 6. The molecule has 2 aromatic carbocycles. The second-order valence-electron chi connectivity index (χ2n) is 4.48. The van der Waals surface area contributed by atoms with Crippen molar-refractivity contribution in [1.82, 2.24) is 0 Å². The van der Waals surface area contributed by atoms with Gasteiger partial charge in [0.25, 0.3) is 0 Å². The van der Waals surface area contributed by atoms with Crippen molar-refractivity contribution in [2.24, 2.45) is 0 Å². The molecule has 0 amide bonds. The van der Waals surface area contributed by atoms with Crippen molar-refractivity contribution in [2.45, 2.75) is 16.7 Å². The van der Waals surface area contributed by atoms with Gasteiger partial charge in [-0.15, -0.1) is 0 Å². The molecule has 114 valence electrons. The zero-order valence-electron chi connectivity index (χ0n) is 11.9. The van der Waals surface area contributed by atoms with Crippen LogP contribution in [0.3, 0.4) is 0 Å². The molecule has 2 aromatic rings. The average molecular weight is 317 g/mol. The summed E-state index contributed by atoms with van der Waals surface area (Å²) in [5, 5.41) is 21.4. The molecule has 6 heteroatoms. The molecule has 2 rings (SSSR count). The Morgan fingerprint density at radius 2 is 1.73 bits per heavy atom. The standard InChI is InChI=1S/C16H15NO4S/c1-2-17-11-4-6-12(7-5-11)22-14-9-10(15(18)19)3-8-13(14)16(20)21/h3-9,17H,2H2,1H3,(H,18,19)(H,20,21). The van der Waals surface area contributed by atoms with Crippen LogP contribution in [0.1, 0.15) is 27.6 Å². The fourth-order valence-electron chi connectivity index (χ4n) is 1.89. The van der Waals surface area contributed by atoms with Crippen molar-refractivity contribution in [3.8, 4) is 0 Å². The molecular formula is C16H15NO4S. The number of hydrogen-bond donors (Lipinski definition) is 3. The van der Waals surface area contributed by atoms with E-state index in [1.807, 2.05) is 31.2 Å². The zero-order valence-corrected chi connectivity index (χ0v) is 12.7. The average Bonchev–Trinajstić information content (AvgIpc) is 2.49. The molecule has 0 aliphatic carbocycles. The fourth-order valence-corrected chi connectivity index (χ4v) is 2.87. The quantitative estimate of drug-likeness (QED) is 0.753. The first-order chi connectivity index (χ1) is 10.5. The minimum Gasteiger partial charge on any atom is -0.478 e. The predicted molar refractivity (Wildman–Crippen MR) is 85.1 cm³/mol. The van der Waals surface area contributed by atoms with E-state index in [4.69, 9.17) is 5.11 Å². The summed E-state index contributed by atoms with van der Waals surface area (Å²) in [4.78, 5) is 23.5. The summed E-state index contributed by atoms with van der Waals surface area (Å²) in [5.41, 5.74) is 1.13. The smallest absolute Gasteiger partial charge is 0.336 e. The van der Waals surface area contributed by atoms with E-state index >= 15 is 0 Å². The number of benzene rings is 2. The third-order valence-corrected chi connectivity index (χ3v) is 3.99. The number of hydrogen-bond acceptors (Lipinski definition) is 4. The Bertz CT molecular complexity index is 698. The maximum atomic E-state index is 11.3. The molecule has 0 heterocycles. The Balaban J connectivity index is 2.32. The monoisotopic (exact) mass is 317 g/mol. The van der Waals surface area contributed by atoms with Gasteiger partial charge in [0, 0.05) is 22.0 Å². The molecule has 0 saturated heterocycles. The van der Waals surface area contributed by atoms with Crippen LogP contribution in [0.5, 0.6) is 0 Å². The largest absolute Gasteiger partial charge is 0.478 e. The summed E-state index contributed by atoms with van der Waals surface area (Å²) in [5.74, 6) is -2.16. The highest BCUT2D eigenvalue weighted by molar-refractivity contribution is 7.99. The Kier molecular flexibility index (Phi) is 5.06. The van der Waals surface area contributed by atoms with Gasteiger partial charge in [-0.1, -0.05) is 11.8 Å². The lowest BCUT2D eigenvalue weighted by atomic mass is 10.1. The van der Waals surface area contributed by atoms with Crippen molar-refractivity contribution in [1.29, 1.82) is 0 Å². The summed E-state index contributed by atoms with van der Waals surface area (Å²) in [6, 6.07) is 11.5. The van der Waals surface area contributed by atoms with Gasteiger partial charge < -0.3 is 15.5 Å². The number of carbonyl (C=O) groups is 2. The van der Waals surface area contributed by atoms with E-state index in [0.29, 0.717) is 4.90 Å². The second kappa shape index (κ2) is 7.00. The van der Waals surface area contributed by atoms with Crippen molar-refractivity contribution < 1.29 is 19.8 Å². The topological polar surface area (TPSA) is 86.6 Å². The van der Waals surface area contributed by atoms with Crippen LogP contribution < -0.4 is 5.32 Å². The highest BCUT2D eigenvalue weighted by Gasteiger charge is 2.14. The molecule has 0 fully saturated rings. The second-order valence-corrected chi connectivity index (χ2v) is 5.59. The maximum absolute atomic E-state index is 11.3. The van der Waals surface area contributed by atoms with Gasteiger partial charge in [0.2, 0.25) is 0 Å². The van der Waals surface area contributed by atoms with Crippen LogP contribution in [0.4, 0.5) is 5.69 Å². The van der Waals surface area contributed by atoms with Crippen LogP contribution in [0, 0.1) is 0 Å². The normalized spacial score (nSPS) is 10.2. The van der Waals surface area contributed by atoms with Crippen LogP contribution in [0.15, 0.2) is 52.3 Å². The van der Waals surface area contributed by atoms with E-state index in [2.05, 4.69) is 5.32 Å². The molecule has 0 aliphatic rings. The molecule has 0 radical (unpaired) electrons. The van der Waals surface area contributed by atoms with Crippen molar-refractivity contribution in [3.05, 3.63) is 53.6 Å². The van der Waals surface area contributed by atoms with Crippen molar-refractivity contribution >= 4 is 29.4 Å². The van der Waals surface area contributed by atoms with E-state index in [0.717, 1.165) is 17.1 Å². The van der Waals surface area contributed by atoms with Gasteiger partial charge in [-0.3, -0.25) is 0 Å². The minimum atomic E-state index is -1.08. The van der Waals surface area contributed by atoms with E-state index in [-0.39, 0.29) is 11.1 Å². The summed E-state index contributed by atoms with van der Waals surface area (Å²) in [6.07, 6.45) is 0. The first kappa shape index (κ1) is 15.9. The fraction of sp³-hybridized carbons (Fsp3) is 0.125. The molecular weight excluding hydrogens is 302 g/mol. The number of nitrogens with one attached hydrogen (secondary N) is 1. The summed E-state index contributed by atoms with van der Waals surface area (Å²) < 4.78 is 0. The highest BCUT2D eigenvalue weighted by Crippen LogP contribution is 2.32. The van der Waals surface area contributed by atoms with Gasteiger partial charge in [-0.25, -0.2) is 9.59 Å². The molecule has 22 heavy (non-hydrogen) atoms. The van der Waals surface area contributed by atoms with Gasteiger partial charge in [0.15, 0.2) is 0 Å². The molecule has 0 atom stereocenters. The Morgan fingerprint density at radius 3 is 2.27 bits per heavy atom. The molecule has 5 nitrogen and oxygen atoms in total. The predicted octanol–water partition coefficient (Wildman–Crippen LogP) is 3.67. The van der Waals surface area contributed by atoms with Gasteiger partial charge in [-0.05, 0) is 49.4 Å². The van der Waals surface area contributed by atoms with E-state index < -0.39 is 11.9 Å². The van der Waals surface area contributed by atoms with E-state index in [1.165, 1.54) is 30.0 Å².